The van der Waals surface area contributed by atoms with Crippen molar-refractivity contribution >= 4 is 23.1 Å². The van der Waals surface area contributed by atoms with E-state index in [2.05, 4.69) is 17.6 Å². The van der Waals surface area contributed by atoms with Crippen LogP contribution < -0.4 is 21.1 Å². The molecular formula is C22H28N6O4. The lowest BCUT2D eigenvalue weighted by atomic mass is 10.1. The van der Waals surface area contributed by atoms with E-state index < -0.39 is 4.92 Å². The minimum Gasteiger partial charge on any atom is -0.490 e. The van der Waals surface area contributed by atoms with Crippen molar-refractivity contribution in [3.05, 3.63) is 52.2 Å². The molecule has 3 aromatic rings. The van der Waals surface area contributed by atoms with Gasteiger partial charge in [0.15, 0.2) is 11.4 Å². The summed E-state index contributed by atoms with van der Waals surface area (Å²) in [4.78, 5) is 28.5. The molecule has 1 amide bonds. The van der Waals surface area contributed by atoms with Crippen molar-refractivity contribution < 1.29 is 14.5 Å². The van der Waals surface area contributed by atoms with Gasteiger partial charge in [0.05, 0.1) is 17.6 Å². The molecule has 0 radical (unpaired) electrons. The lowest BCUT2D eigenvalue weighted by molar-refractivity contribution is -0.385. The summed E-state index contributed by atoms with van der Waals surface area (Å²) in [6.07, 6.45) is 4.43. The third-order valence-electron chi connectivity index (χ3n) is 5.03. The van der Waals surface area contributed by atoms with Crippen LogP contribution in [0.1, 0.15) is 36.5 Å². The number of rotatable bonds is 11. The molecule has 0 aliphatic rings. The van der Waals surface area contributed by atoms with Crippen molar-refractivity contribution in [3.8, 4) is 17.0 Å². The summed E-state index contributed by atoms with van der Waals surface area (Å²) in [5, 5.41) is 17.8. The Labute approximate surface area is 185 Å². The zero-order valence-corrected chi connectivity index (χ0v) is 18.3. The number of pyridine rings is 1. The molecule has 32 heavy (non-hydrogen) atoms. The average molecular weight is 441 g/mol. The molecule has 0 atom stereocenters. The number of hydrogen-bond donors (Lipinski definition) is 3. The fraction of sp³-hybridized carbons (Fsp3) is 0.364. The number of nitro benzene ring substituents is 1. The number of aromatic nitrogens is 2. The van der Waals surface area contributed by atoms with Gasteiger partial charge >= 0.3 is 5.69 Å². The highest BCUT2D eigenvalue weighted by Gasteiger charge is 2.22. The van der Waals surface area contributed by atoms with Gasteiger partial charge in [-0.05, 0) is 43.7 Å². The number of amides is 1. The zero-order chi connectivity index (χ0) is 23.1. The number of imidazole rings is 1. The van der Waals surface area contributed by atoms with Crippen LogP contribution in [0.4, 0.5) is 11.5 Å². The van der Waals surface area contributed by atoms with Gasteiger partial charge in [0.25, 0.3) is 5.91 Å². The largest absolute Gasteiger partial charge is 0.490 e. The number of methoxy groups -OCH3 is 1. The van der Waals surface area contributed by atoms with E-state index in [-0.39, 0.29) is 17.3 Å². The lowest BCUT2D eigenvalue weighted by Gasteiger charge is -2.10. The number of ether oxygens (including phenoxy) is 1. The van der Waals surface area contributed by atoms with E-state index in [1.54, 1.807) is 28.7 Å². The Balaban J connectivity index is 2.13. The van der Waals surface area contributed by atoms with Crippen molar-refractivity contribution in [3.63, 3.8) is 0 Å². The van der Waals surface area contributed by atoms with Crippen molar-refractivity contribution in [2.45, 2.75) is 26.2 Å². The summed E-state index contributed by atoms with van der Waals surface area (Å²) in [6.45, 7) is 3.74. The molecule has 2 aromatic heterocycles. The van der Waals surface area contributed by atoms with Crippen molar-refractivity contribution in [1.29, 1.82) is 0 Å². The number of nitrogens with zero attached hydrogens (tertiary/aromatic N) is 3. The maximum atomic E-state index is 12.7. The molecule has 0 bridgehead atoms. The quantitative estimate of drug-likeness (QED) is 0.236. The monoisotopic (exact) mass is 440 g/mol. The van der Waals surface area contributed by atoms with Gasteiger partial charge in [-0.15, -0.1) is 0 Å². The summed E-state index contributed by atoms with van der Waals surface area (Å²) in [6, 6.07) is 8.19. The summed E-state index contributed by atoms with van der Waals surface area (Å²) in [5.41, 5.74) is 7.31. The minimum atomic E-state index is -0.487. The maximum Gasteiger partial charge on any atom is 0.311 e. The summed E-state index contributed by atoms with van der Waals surface area (Å²) < 4.78 is 6.92. The Morgan fingerprint density at radius 2 is 2.09 bits per heavy atom. The van der Waals surface area contributed by atoms with Crippen LogP contribution >= 0.6 is 0 Å². The van der Waals surface area contributed by atoms with Crippen LogP contribution in [0.25, 0.3) is 16.9 Å². The molecule has 10 heteroatoms. The highest BCUT2D eigenvalue weighted by Crippen LogP contribution is 2.36. The van der Waals surface area contributed by atoms with E-state index in [0.717, 1.165) is 12.8 Å². The number of fused-ring (bicyclic) bond motifs is 1. The topological polar surface area (TPSA) is 137 Å². The van der Waals surface area contributed by atoms with E-state index in [4.69, 9.17) is 15.5 Å². The molecule has 0 spiro atoms. The summed E-state index contributed by atoms with van der Waals surface area (Å²) >= 11 is 0. The smallest absolute Gasteiger partial charge is 0.311 e. The standard InChI is InChI=1S/C22H28N6O4/c1-3-4-11-24-21-19(15-8-9-18(32-2)17(14-15)28(30)31)26-20-16(7-5-13-27(20)21)22(29)25-12-6-10-23/h5,7-9,13-14,24H,3-4,6,10-12,23H2,1-2H3,(H,25,29). The molecule has 0 aliphatic heterocycles. The molecule has 0 aliphatic carbocycles. The van der Waals surface area contributed by atoms with Gasteiger partial charge in [-0.1, -0.05) is 13.3 Å². The molecule has 1 aromatic carbocycles. The number of hydrogen-bond acceptors (Lipinski definition) is 7. The van der Waals surface area contributed by atoms with Gasteiger partial charge in [0, 0.05) is 30.9 Å². The number of unbranched alkanes of at least 4 members (excludes halogenated alkanes) is 1. The predicted molar refractivity (Wildman–Crippen MR) is 123 cm³/mol. The number of carbonyl (C=O) groups excluding carboxylic acids is 1. The van der Waals surface area contributed by atoms with Crippen LogP contribution in [0.5, 0.6) is 5.75 Å². The van der Waals surface area contributed by atoms with Crippen molar-refractivity contribution in [2.75, 3.05) is 32.1 Å². The van der Waals surface area contributed by atoms with Gasteiger partial charge in [-0.2, -0.15) is 0 Å². The van der Waals surface area contributed by atoms with Gasteiger partial charge in [0.1, 0.15) is 11.5 Å². The van der Waals surface area contributed by atoms with Crippen molar-refractivity contribution in [2.24, 2.45) is 5.73 Å². The Kier molecular flexibility index (Phi) is 7.61. The summed E-state index contributed by atoms with van der Waals surface area (Å²) in [7, 11) is 1.39. The average Bonchev–Trinajstić information content (AvgIpc) is 3.17. The molecule has 10 nitrogen and oxygen atoms in total. The van der Waals surface area contributed by atoms with E-state index in [1.807, 2.05) is 6.20 Å². The maximum absolute atomic E-state index is 12.7. The van der Waals surface area contributed by atoms with Gasteiger partial charge < -0.3 is 21.1 Å². The Morgan fingerprint density at radius 3 is 2.78 bits per heavy atom. The highest BCUT2D eigenvalue weighted by atomic mass is 16.6. The van der Waals surface area contributed by atoms with E-state index in [9.17, 15) is 14.9 Å². The Bertz CT molecular complexity index is 1110. The van der Waals surface area contributed by atoms with Gasteiger partial charge in [-0.25, -0.2) is 4.98 Å². The number of carbonyl (C=O) groups is 1. The number of anilines is 1. The van der Waals surface area contributed by atoms with Crippen LogP contribution in [0, 0.1) is 10.1 Å². The first-order valence-electron chi connectivity index (χ1n) is 10.6. The molecule has 170 valence electrons. The fourth-order valence-electron chi connectivity index (χ4n) is 3.38. The molecule has 3 rings (SSSR count). The predicted octanol–water partition coefficient (Wildman–Crippen LogP) is 3.21. The van der Waals surface area contributed by atoms with E-state index in [0.29, 0.717) is 54.3 Å². The van der Waals surface area contributed by atoms with Crippen LogP contribution in [-0.4, -0.2) is 47.0 Å². The van der Waals surface area contributed by atoms with Gasteiger partial charge in [0.2, 0.25) is 0 Å². The lowest BCUT2D eigenvalue weighted by Crippen LogP contribution is -2.26. The van der Waals surface area contributed by atoms with Crippen LogP contribution in [0.15, 0.2) is 36.5 Å². The second-order valence-electron chi connectivity index (χ2n) is 7.25. The SMILES string of the molecule is CCCCNc1c(-c2ccc(OC)c([N+](=O)[O-])c2)nc2c(C(=O)NCCCN)cccn12. The fourth-order valence-corrected chi connectivity index (χ4v) is 3.38. The molecular weight excluding hydrogens is 412 g/mol. The summed E-state index contributed by atoms with van der Waals surface area (Å²) in [5.74, 6) is 0.592. The minimum absolute atomic E-state index is 0.152. The van der Waals surface area contributed by atoms with Crippen molar-refractivity contribution in [1.82, 2.24) is 14.7 Å². The third-order valence-corrected chi connectivity index (χ3v) is 5.03. The molecule has 0 unspecified atom stereocenters. The van der Waals surface area contributed by atoms with Crippen LogP contribution in [0.2, 0.25) is 0 Å². The molecule has 0 fully saturated rings. The molecule has 2 heterocycles. The molecule has 0 saturated carbocycles. The first-order valence-corrected chi connectivity index (χ1v) is 10.6. The molecule has 0 saturated heterocycles. The number of nitro groups is 1. The molecule has 4 N–H and O–H groups in total. The van der Waals surface area contributed by atoms with Crippen LogP contribution in [0.3, 0.4) is 0 Å². The van der Waals surface area contributed by atoms with Crippen LogP contribution in [-0.2, 0) is 0 Å². The first-order chi connectivity index (χ1) is 15.5. The highest BCUT2D eigenvalue weighted by molar-refractivity contribution is 6.01. The number of nitrogens with one attached hydrogen (secondary N) is 2. The van der Waals surface area contributed by atoms with Gasteiger partial charge in [-0.3, -0.25) is 19.3 Å². The van der Waals surface area contributed by atoms with E-state index in [1.165, 1.54) is 13.2 Å². The number of benzene rings is 1. The Hall–Kier alpha value is -3.66. The first kappa shape index (κ1) is 23.0. The normalized spacial score (nSPS) is 10.8. The Morgan fingerprint density at radius 1 is 1.28 bits per heavy atom. The zero-order valence-electron chi connectivity index (χ0n) is 18.3. The second kappa shape index (κ2) is 10.6. The second-order valence-corrected chi connectivity index (χ2v) is 7.25. The van der Waals surface area contributed by atoms with E-state index >= 15 is 0 Å². The number of nitrogens with two attached hydrogens (primary N) is 1. The third kappa shape index (κ3) is 4.80.